The van der Waals surface area contributed by atoms with Crippen molar-refractivity contribution < 1.29 is 36.9 Å². The van der Waals surface area contributed by atoms with Crippen molar-refractivity contribution in [2.45, 2.75) is 39.5 Å². The molecule has 0 amide bonds. The Labute approximate surface area is 142 Å². The maximum Gasteiger partial charge on any atom is 0.428 e. The molecule has 0 saturated heterocycles. The zero-order valence-corrected chi connectivity index (χ0v) is 14.1. The third-order valence-electron chi connectivity index (χ3n) is 4.50. The number of ether oxygens (including phenoxy) is 2. The van der Waals surface area contributed by atoms with Crippen molar-refractivity contribution in [2.75, 3.05) is 6.61 Å². The first-order valence-corrected chi connectivity index (χ1v) is 7.61. The molecule has 0 saturated carbocycles. The van der Waals surface area contributed by atoms with Crippen molar-refractivity contribution in [3.05, 3.63) is 34.8 Å². The molecule has 1 N–H and O–H groups in total. The topological polar surface area (TPSA) is 55.8 Å². The average Bonchev–Trinajstić information content (AvgIpc) is 2.79. The molecule has 1 heterocycles. The molecule has 1 aliphatic rings. The van der Waals surface area contributed by atoms with Crippen molar-refractivity contribution in [3.8, 4) is 5.75 Å². The normalized spacial score (nSPS) is 23.6. The Morgan fingerprint density at radius 1 is 1.40 bits per heavy atom. The van der Waals surface area contributed by atoms with Crippen molar-refractivity contribution in [1.82, 2.24) is 0 Å². The highest BCUT2D eigenvalue weighted by Crippen LogP contribution is 2.53. The fourth-order valence-electron chi connectivity index (χ4n) is 2.73. The minimum atomic E-state index is -4.78. The number of rotatable bonds is 3. The number of hydrogen-bond acceptors (Lipinski definition) is 4. The van der Waals surface area contributed by atoms with Crippen LogP contribution in [0, 0.1) is 18.7 Å². The van der Waals surface area contributed by atoms with Gasteiger partial charge in [0.25, 0.3) is 0 Å². The summed E-state index contributed by atoms with van der Waals surface area (Å²) in [5.74, 6) is -4.29. The summed E-state index contributed by atoms with van der Waals surface area (Å²) in [6, 6.07) is 2.13. The zero-order valence-electron chi connectivity index (χ0n) is 14.1. The first kappa shape index (κ1) is 19.1. The molecule has 1 aliphatic heterocycles. The summed E-state index contributed by atoms with van der Waals surface area (Å²) in [4.78, 5) is 12.1. The molecular formula is C17H18F4O4. The van der Waals surface area contributed by atoms with Crippen LogP contribution < -0.4 is 0 Å². The highest BCUT2D eigenvalue weighted by Gasteiger charge is 2.63. The van der Waals surface area contributed by atoms with E-state index in [0.29, 0.717) is 0 Å². The van der Waals surface area contributed by atoms with E-state index in [1.54, 1.807) is 0 Å². The van der Waals surface area contributed by atoms with Crippen LogP contribution in [0.3, 0.4) is 0 Å². The lowest BCUT2D eigenvalue weighted by molar-refractivity contribution is -0.262. The maximum absolute atomic E-state index is 13.6. The average molecular weight is 362 g/mol. The van der Waals surface area contributed by atoms with E-state index in [0.717, 1.165) is 19.1 Å². The van der Waals surface area contributed by atoms with Gasteiger partial charge in [-0.2, -0.15) is 13.2 Å². The quantitative estimate of drug-likeness (QED) is 0.650. The molecule has 0 fully saturated rings. The van der Waals surface area contributed by atoms with Crippen molar-refractivity contribution >= 4 is 11.5 Å². The molecule has 2 atom stereocenters. The summed E-state index contributed by atoms with van der Waals surface area (Å²) in [5, 5.41) is 10.2. The predicted molar refractivity (Wildman–Crippen MR) is 81.1 cm³/mol. The second-order valence-electron chi connectivity index (χ2n) is 5.96. The van der Waals surface area contributed by atoms with Crippen LogP contribution in [-0.2, 0) is 14.3 Å². The van der Waals surface area contributed by atoms with Gasteiger partial charge in [-0.3, -0.25) is 0 Å². The molecule has 0 radical (unpaired) electrons. The van der Waals surface area contributed by atoms with Crippen LogP contribution >= 0.6 is 0 Å². The molecule has 0 bridgehead atoms. The molecule has 2 rings (SSSR count). The lowest BCUT2D eigenvalue weighted by Crippen LogP contribution is -2.47. The molecule has 0 spiro atoms. The van der Waals surface area contributed by atoms with E-state index in [1.165, 1.54) is 20.8 Å². The lowest BCUT2D eigenvalue weighted by Gasteiger charge is -2.32. The number of carbonyl (C=O) groups excluding carboxylic acids is 1. The highest BCUT2D eigenvalue weighted by atomic mass is 19.4. The molecule has 0 aromatic heterocycles. The molecule has 25 heavy (non-hydrogen) atoms. The van der Waals surface area contributed by atoms with Gasteiger partial charge in [-0.05, 0) is 32.9 Å². The second kappa shape index (κ2) is 6.24. The van der Waals surface area contributed by atoms with Crippen LogP contribution in [0.25, 0.3) is 5.57 Å². The number of hydrogen-bond donors (Lipinski definition) is 1. The van der Waals surface area contributed by atoms with Gasteiger partial charge in [0.15, 0.2) is 0 Å². The standard InChI is InChI=1S/C17H18F4O4/c1-5-24-15(23)14-12(9(3)16(4,25-14)17(19,20)21)10-6-7-11(18)8(2)13(10)22/h6-7,9,22H,5H2,1-4H3. The van der Waals surface area contributed by atoms with Gasteiger partial charge in [0, 0.05) is 22.6 Å². The van der Waals surface area contributed by atoms with E-state index in [4.69, 9.17) is 9.47 Å². The lowest BCUT2D eigenvalue weighted by atomic mass is 9.82. The second-order valence-corrected chi connectivity index (χ2v) is 5.96. The third-order valence-corrected chi connectivity index (χ3v) is 4.50. The Bertz CT molecular complexity index is 739. The van der Waals surface area contributed by atoms with E-state index < -0.39 is 41.0 Å². The zero-order chi connectivity index (χ0) is 19.2. The van der Waals surface area contributed by atoms with Crippen LogP contribution in [0.2, 0.25) is 0 Å². The van der Waals surface area contributed by atoms with E-state index in [-0.39, 0.29) is 23.3 Å². The van der Waals surface area contributed by atoms with E-state index in [1.807, 2.05) is 0 Å². The Morgan fingerprint density at radius 2 is 2.00 bits per heavy atom. The number of phenolic OH excluding ortho intramolecular Hbond substituents is 1. The maximum atomic E-state index is 13.6. The van der Waals surface area contributed by atoms with Crippen molar-refractivity contribution in [1.29, 1.82) is 0 Å². The van der Waals surface area contributed by atoms with Crippen LogP contribution in [0.15, 0.2) is 17.9 Å². The SMILES string of the molecule is CCOC(=O)C1=C(c2ccc(F)c(C)c2O)C(C)C(C)(C(F)(F)F)O1. The number of alkyl halides is 3. The molecule has 0 aliphatic carbocycles. The summed E-state index contributed by atoms with van der Waals surface area (Å²) in [5.41, 5.74) is -3.08. The smallest absolute Gasteiger partial charge is 0.428 e. The molecule has 138 valence electrons. The van der Waals surface area contributed by atoms with E-state index in [2.05, 4.69) is 0 Å². The molecule has 1 aromatic rings. The minimum absolute atomic E-state index is 0.0650. The molecule has 1 aromatic carbocycles. The molecule has 4 nitrogen and oxygen atoms in total. The van der Waals surface area contributed by atoms with Gasteiger partial charge in [0.05, 0.1) is 6.61 Å². The Hall–Kier alpha value is -2.25. The van der Waals surface area contributed by atoms with Gasteiger partial charge in [0.1, 0.15) is 11.6 Å². The van der Waals surface area contributed by atoms with Gasteiger partial charge in [-0.15, -0.1) is 0 Å². The van der Waals surface area contributed by atoms with Crippen molar-refractivity contribution in [3.63, 3.8) is 0 Å². The molecular weight excluding hydrogens is 344 g/mol. The monoisotopic (exact) mass is 362 g/mol. The van der Waals surface area contributed by atoms with Crippen LogP contribution in [0.5, 0.6) is 5.75 Å². The van der Waals surface area contributed by atoms with Gasteiger partial charge >= 0.3 is 12.1 Å². The largest absolute Gasteiger partial charge is 0.507 e. The Kier molecular flexibility index (Phi) is 4.76. The summed E-state index contributed by atoms with van der Waals surface area (Å²) in [6.45, 7) is 4.76. The summed E-state index contributed by atoms with van der Waals surface area (Å²) in [6.07, 6.45) is -4.78. The minimum Gasteiger partial charge on any atom is -0.507 e. The number of benzene rings is 1. The fourth-order valence-corrected chi connectivity index (χ4v) is 2.73. The van der Waals surface area contributed by atoms with E-state index in [9.17, 15) is 27.5 Å². The number of carbonyl (C=O) groups is 1. The van der Waals surface area contributed by atoms with Crippen molar-refractivity contribution in [2.24, 2.45) is 5.92 Å². The highest BCUT2D eigenvalue weighted by molar-refractivity contribution is 5.98. The van der Waals surface area contributed by atoms with E-state index >= 15 is 0 Å². The van der Waals surface area contributed by atoms with Gasteiger partial charge < -0.3 is 14.6 Å². The van der Waals surface area contributed by atoms with Crippen LogP contribution in [0.4, 0.5) is 17.6 Å². The number of halogens is 4. The first-order chi connectivity index (χ1) is 11.5. The molecule has 8 heteroatoms. The third kappa shape index (κ3) is 2.94. The van der Waals surface area contributed by atoms with Crippen LogP contribution in [0.1, 0.15) is 31.9 Å². The predicted octanol–water partition coefficient (Wildman–Crippen LogP) is 4.10. The summed E-state index contributed by atoms with van der Waals surface area (Å²) in [7, 11) is 0. The molecule has 2 unspecified atom stereocenters. The number of aromatic hydroxyl groups is 1. The Morgan fingerprint density at radius 3 is 2.52 bits per heavy atom. The number of phenols is 1. The van der Waals surface area contributed by atoms with Gasteiger partial charge in [0.2, 0.25) is 11.4 Å². The number of esters is 1. The first-order valence-electron chi connectivity index (χ1n) is 7.61. The van der Waals surface area contributed by atoms with Gasteiger partial charge in [-0.1, -0.05) is 6.92 Å². The van der Waals surface area contributed by atoms with Crippen LogP contribution in [-0.4, -0.2) is 29.5 Å². The fraction of sp³-hybridized carbons (Fsp3) is 0.471. The summed E-state index contributed by atoms with van der Waals surface area (Å²) >= 11 is 0. The van der Waals surface area contributed by atoms with Gasteiger partial charge in [-0.25, -0.2) is 9.18 Å². The Balaban J connectivity index is 2.70. The summed E-state index contributed by atoms with van der Waals surface area (Å²) < 4.78 is 63.9.